The number of nitrogens with zero attached hydrogens (tertiary/aromatic N) is 1. The molecule has 2 atom stereocenters. The third kappa shape index (κ3) is 4.32. The lowest BCUT2D eigenvalue weighted by molar-refractivity contribution is 0.0730. The summed E-state index contributed by atoms with van der Waals surface area (Å²) < 4.78 is 5.38. The molecule has 5 heteroatoms. The predicted molar refractivity (Wildman–Crippen MR) is 93.6 cm³/mol. The number of nitrogens with one attached hydrogen (secondary N) is 2. The van der Waals surface area contributed by atoms with Crippen LogP contribution in [-0.4, -0.2) is 30.3 Å². The maximum absolute atomic E-state index is 12.1. The van der Waals surface area contributed by atoms with E-state index in [1.807, 2.05) is 37.4 Å². The summed E-state index contributed by atoms with van der Waals surface area (Å²) in [5.41, 5.74) is 3.26. The topological polar surface area (TPSA) is 63.2 Å². The second kappa shape index (κ2) is 7.93. The molecule has 2 unspecified atom stereocenters. The van der Waals surface area contributed by atoms with Crippen LogP contribution in [0, 0.1) is 0 Å². The minimum atomic E-state index is -0.144. The van der Waals surface area contributed by atoms with Gasteiger partial charge in [-0.05, 0) is 42.5 Å². The Morgan fingerprint density at radius 2 is 2.08 bits per heavy atom. The first-order chi connectivity index (χ1) is 11.7. The number of rotatable bonds is 4. The molecule has 1 aromatic heterocycles. The van der Waals surface area contributed by atoms with Crippen molar-refractivity contribution >= 4 is 6.03 Å². The van der Waals surface area contributed by atoms with Gasteiger partial charge in [0.2, 0.25) is 0 Å². The molecular formula is C19H23N3O2. The van der Waals surface area contributed by atoms with E-state index in [9.17, 15) is 4.79 Å². The Kier molecular flexibility index (Phi) is 5.43. The van der Waals surface area contributed by atoms with Gasteiger partial charge in [-0.25, -0.2) is 4.79 Å². The molecular weight excluding hydrogens is 302 g/mol. The third-order valence-electron chi connectivity index (χ3n) is 4.25. The molecule has 3 rings (SSSR count). The maximum atomic E-state index is 12.1. The highest BCUT2D eigenvalue weighted by Crippen LogP contribution is 2.21. The summed E-state index contributed by atoms with van der Waals surface area (Å²) in [5, 5.41) is 5.96. The van der Waals surface area contributed by atoms with Gasteiger partial charge in [-0.2, -0.15) is 0 Å². The van der Waals surface area contributed by atoms with Crippen molar-refractivity contribution in [3.05, 3.63) is 54.4 Å². The van der Waals surface area contributed by atoms with Crippen LogP contribution in [0.3, 0.4) is 0 Å². The highest BCUT2D eigenvalue weighted by Gasteiger charge is 2.17. The van der Waals surface area contributed by atoms with Crippen molar-refractivity contribution in [2.75, 3.05) is 13.2 Å². The van der Waals surface area contributed by atoms with E-state index < -0.39 is 0 Å². The van der Waals surface area contributed by atoms with Gasteiger partial charge in [0.05, 0.1) is 18.7 Å². The lowest BCUT2D eigenvalue weighted by atomic mass is 10.0. The SMILES string of the molecule is CC(NC(=O)NC1CCCOC1)c1ccc(-c2cccnc2)cc1. The van der Waals surface area contributed by atoms with Gasteiger partial charge in [-0.3, -0.25) is 4.98 Å². The van der Waals surface area contributed by atoms with Gasteiger partial charge in [0, 0.05) is 19.0 Å². The highest BCUT2D eigenvalue weighted by atomic mass is 16.5. The van der Waals surface area contributed by atoms with Crippen LogP contribution in [0.1, 0.15) is 31.4 Å². The van der Waals surface area contributed by atoms with E-state index in [0.29, 0.717) is 6.61 Å². The molecule has 1 aromatic carbocycles. The number of amides is 2. The smallest absolute Gasteiger partial charge is 0.315 e. The number of benzene rings is 1. The number of aromatic nitrogens is 1. The Morgan fingerprint density at radius 1 is 1.25 bits per heavy atom. The number of ether oxygens (including phenoxy) is 1. The van der Waals surface area contributed by atoms with Crippen molar-refractivity contribution in [1.29, 1.82) is 0 Å². The second-order valence-corrected chi connectivity index (χ2v) is 6.12. The first-order valence-corrected chi connectivity index (χ1v) is 8.37. The van der Waals surface area contributed by atoms with Crippen molar-refractivity contribution in [3.63, 3.8) is 0 Å². The molecule has 1 aliphatic rings. The van der Waals surface area contributed by atoms with Gasteiger partial charge in [0.1, 0.15) is 0 Å². The zero-order valence-electron chi connectivity index (χ0n) is 13.9. The molecule has 126 valence electrons. The molecule has 5 nitrogen and oxygen atoms in total. The Morgan fingerprint density at radius 3 is 2.75 bits per heavy atom. The molecule has 0 bridgehead atoms. The van der Waals surface area contributed by atoms with Gasteiger partial charge in [0.25, 0.3) is 0 Å². The Balaban J connectivity index is 1.56. The quantitative estimate of drug-likeness (QED) is 0.907. The van der Waals surface area contributed by atoms with Crippen molar-refractivity contribution in [2.45, 2.75) is 31.8 Å². The van der Waals surface area contributed by atoms with Crippen LogP contribution in [0.5, 0.6) is 0 Å². The van der Waals surface area contributed by atoms with Crippen LogP contribution in [-0.2, 0) is 4.74 Å². The van der Waals surface area contributed by atoms with E-state index in [1.165, 1.54) is 0 Å². The zero-order valence-corrected chi connectivity index (χ0v) is 13.9. The van der Waals surface area contributed by atoms with Crippen molar-refractivity contribution < 1.29 is 9.53 Å². The van der Waals surface area contributed by atoms with Crippen LogP contribution < -0.4 is 10.6 Å². The van der Waals surface area contributed by atoms with Crippen molar-refractivity contribution in [2.24, 2.45) is 0 Å². The summed E-state index contributed by atoms with van der Waals surface area (Å²) >= 11 is 0. The molecule has 0 radical (unpaired) electrons. The van der Waals surface area contributed by atoms with Crippen LogP contribution in [0.15, 0.2) is 48.8 Å². The molecule has 1 saturated heterocycles. The third-order valence-corrected chi connectivity index (χ3v) is 4.25. The standard InChI is InChI=1S/C19H23N3O2/c1-14(21-19(23)22-18-5-3-11-24-13-18)15-6-8-16(9-7-15)17-4-2-10-20-12-17/h2,4,6-10,12,14,18H,3,5,11,13H2,1H3,(H2,21,22,23). The molecule has 2 heterocycles. The molecule has 0 aliphatic carbocycles. The van der Waals surface area contributed by atoms with E-state index in [4.69, 9.17) is 4.74 Å². The number of urea groups is 1. The van der Waals surface area contributed by atoms with E-state index in [0.717, 1.165) is 36.1 Å². The fraction of sp³-hybridized carbons (Fsp3) is 0.368. The fourth-order valence-corrected chi connectivity index (χ4v) is 2.86. The van der Waals surface area contributed by atoms with Crippen LogP contribution >= 0.6 is 0 Å². The monoisotopic (exact) mass is 325 g/mol. The lowest BCUT2D eigenvalue weighted by Crippen LogP contribution is -2.46. The first kappa shape index (κ1) is 16.5. The number of pyridine rings is 1. The minimum Gasteiger partial charge on any atom is -0.379 e. The molecule has 24 heavy (non-hydrogen) atoms. The molecule has 0 spiro atoms. The predicted octanol–water partition coefficient (Wildman–Crippen LogP) is 3.29. The Hall–Kier alpha value is -2.40. The van der Waals surface area contributed by atoms with Gasteiger partial charge in [-0.1, -0.05) is 30.3 Å². The van der Waals surface area contributed by atoms with Gasteiger partial charge in [-0.15, -0.1) is 0 Å². The van der Waals surface area contributed by atoms with Gasteiger partial charge >= 0.3 is 6.03 Å². The van der Waals surface area contributed by atoms with Crippen molar-refractivity contribution in [1.82, 2.24) is 15.6 Å². The Labute approximate surface area is 142 Å². The normalized spacial score (nSPS) is 18.6. The summed E-state index contributed by atoms with van der Waals surface area (Å²) in [4.78, 5) is 16.2. The van der Waals surface area contributed by atoms with Gasteiger partial charge < -0.3 is 15.4 Å². The molecule has 2 N–H and O–H groups in total. The van der Waals surface area contributed by atoms with E-state index in [1.54, 1.807) is 6.20 Å². The number of carbonyl (C=O) groups is 1. The fourth-order valence-electron chi connectivity index (χ4n) is 2.86. The Bertz CT molecular complexity index is 652. The van der Waals surface area contributed by atoms with Gasteiger partial charge in [0.15, 0.2) is 0 Å². The van der Waals surface area contributed by atoms with Crippen LogP contribution in [0.4, 0.5) is 4.79 Å². The second-order valence-electron chi connectivity index (χ2n) is 6.12. The largest absolute Gasteiger partial charge is 0.379 e. The summed E-state index contributed by atoms with van der Waals surface area (Å²) in [6.45, 7) is 3.37. The van der Waals surface area contributed by atoms with Crippen LogP contribution in [0.25, 0.3) is 11.1 Å². The molecule has 0 saturated carbocycles. The van der Waals surface area contributed by atoms with E-state index in [2.05, 4.69) is 27.8 Å². The van der Waals surface area contributed by atoms with E-state index >= 15 is 0 Å². The van der Waals surface area contributed by atoms with E-state index in [-0.39, 0.29) is 18.1 Å². The zero-order chi connectivity index (χ0) is 16.8. The van der Waals surface area contributed by atoms with Crippen molar-refractivity contribution in [3.8, 4) is 11.1 Å². The average Bonchev–Trinajstić information content (AvgIpc) is 2.63. The molecule has 2 aromatic rings. The molecule has 2 amide bonds. The number of hydrogen-bond donors (Lipinski definition) is 2. The first-order valence-electron chi connectivity index (χ1n) is 8.37. The van der Waals surface area contributed by atoms with Crippen LogP contribution in [0.2, 0.25) is 0 Å². The molecule has 1 aliphatic heterocycles. The molecule has 1 fully saturated rings. The average molecular weight is 325 g/mol. The maximum Gasteiger partial charge on any atom is 0.315 e. The lowest BCUT2D eigenvalue weighted by Gasteiger charge is -2.24. The minimum absolute atomic E-state index is 0.0579. The highest BCUT2D eigenvalue weighted by molar-refractivity contribution is 5.74. The number of hydrogen-bond acceptors (Lipinski definition) is 3. The summed E-state index contributed by atoms with van der Waals surface area (Å²) in [5.74, 6) is 0. The number of carbonyl (C=O) groups excluding carboxylic acids is 1. The summed E-state index contributed by atoms with van der Waals surface area (Å²) in [6.07, 6.45) is 5.58. The summed E-state index contributed by atoms with van der Waals surface area (Å²) in [7, 11) is 0. The summed E-state index contributed by atoms with van der Waals surface area (Å²) in [6, 6.07) is 12.0.